The lowest BCUT2D eigenvalue weighted by Gasteiger charge is -2.27. The van der Waals surface area contributed by atoms with Crippen LogP contribution in [0.2, 0.25) is 0 Å². The standard InChI is InChI=1S/C16H24N4OS.HI/c1-17-16(19-13-4-2-3-5-13)18-10-15(21)20-8-6-14-12(11-20)7-9-22-14;/h7,9,13H,2-6,8,10-11H2,1H3,(H2,17,18,19);1H. The van der Waals surface area contributed by atoms with Gasteiger partial charge in [-0.2, -0.15) is 0 Å². The van der Waals surface area contributed by atoms with Gasteiger partial charge in [-0.05, 0) is 36.3 Å². The van der Waals surface area contributed by atoms with Gasteiger partial charge in [0, 0.05) is 31.1 Å². The average Bonchev–Trinajstić information content (AvgIpc) is 3.21. The highest BCUT2D eigenvalue weighted by molar-refractivity contribution is 14.0. The zero-order valence-corrected chi connectivity index (χ0v) is 16.7. The fourth-order valence-corrected chi connectivity index (χ4v) is 4.08. The third-order valence-electron chi connectivity index (χ3n) is 4.49. The molecule has 2 aliphatic rings. The van der Waals surface area contributed by atoms with E-state index in [0.29, 0.717) is 12.6 Å². The molecule has 0 atom stereocenters. The molecule has 1 aliphatic carbocycles. The summed E-state index contributed by atoms with van der Waals surface area (Å²) in [6.07, 6.45) is 5.94. The van der Waals surface area contributed by atoms with Crippen LogP contribution in [0.15, 0.2) is 16.4 Å². The first kappa shape index (κ1) is 18.5. The number of halogens is 1. The first-order chi connectivity index (χ1) is 10.8. The van der Waals surface area contributed by atoms with Crippen LogP contribution in [0, 0.1) is 0 Å². The molecule has 7 heteroatoms. The number of nitrogens with zero attached hydrogens (tertiary/aromatic N) is 2. The zero-order chi connectivity index (χ0) is 15.4. The molecule has 1 saturated carbocycles. The van der Waals surface area contributed by atoms with Gasteiger partial charge < -0.3 is 15.5 Å². The Morgan fingerprint density at radius 1 is 1.43 bits per heavy atom. The Balaban J connectivity index is 0.00000192. The molecule has 1 aromatic heterocycles. The van der Waals surface area contributed by atoms with E-state index in [2.05, 4.69) is 27.1 Å². The monoisotopic (exact) mass is 448 g/mol. The minimum absolute atomic E-state index is 0. The molecule has 0 aromatic carbocycles. The van der Waals surface area contributed by atoms with Gasteiger partial charge in [0.1, 0.15) is 0 Å². The Morgan fingerprint density at radius 3 is 2.96 bits per heavy atom. The lowest BCUT2D eigenvalue weighted by Crippen LogP contribution is -2.47. The van der Waals surface area contributed by atoms with Crippen molar-refractivity contribution in [2.75, 3.05) is 20.1 Å². The molecular weight excluding hydrogens is 423 g/mol. The summed E-state index contributed by atoms with van der Waals surface area (Å²) in [7, 11) is 1.76. The molecule has 1 aromatic rings. The number of rotatable bonds is 3. The van der Waals surface area contributed by atoms with Crippen LogP contribution in [0.1, 0.15) is 36.1 Å². The predicted molar refractivity (Wildman–Crippen MR) is 106 cm³/mol. The summed E-state index contributed by atoms with van der Waals surface area (Å²) in [5.74, 6) is 0.889. The molecule has 0 unspecified atom stereocenters. The van der Waals surface area contributed by atoms with Crippen molar-refractivity contribution in [1.29, 1.82) is 0 Å². The van der Waals surface area contributed by atoms with Crippen LogP contribution in [-0.4, -0.2) is 42.9 Å². The molecule has 2 N–H and O–H groups in total. The van der Waals surface area contributed by atoms with E-state index in [1.807, 2.05) is 4.90 Å². The summed E-state index contributed by atoms with van der Waals surface area (Å²) in [5, 5.41) is 8.68. The maximum atomic E-state index is 12.4. The van der Waals surface area contributed by atoms with Crippen molar-refractivity contribution < 1.29 is 4.79 Å². The van der Waals surface area contributed by atoms with Crippen LogP contribution in [0.3, 0.4) is 0 Å². The van der Waals surface area contributed by atoms with Crippen molar-refractivity contribution in [3.05, 3.63) is 21.9 Å². The topological polar surface area (TPSA) is 56.7 Å². The van der Waals surface area contributed by atoms with Crippen molar-refractivity contribution in [2.24, 2.45) is 4.99 Å². The van der Waals surface area contributed by atoms with Crippen molar-refractivity contribution in [3.8, 4) is 0 Å². The molecule has 0 saturated heterocycles. The largest absolute Gasteiger partial charge is 0.354 e. The fourth-order valence-electron chi connectivity index (χ4n) is 3.19. The predicted octanol–water partition coefficient (Wildman–Crippen LogP) is 2.36. The molecule has 0 bridgehead atoms. The first-order valence-electron chi connectivity index (χ1n) is 8.06. The van der Waals surface area contributed by atoms with Crippen molar-refractivity contribution in [1.82, 2.24) is 15.5 Å². The van der Waals surface area contributed by atoms with Gasteiger partial charge in [-0.3, -0.25) is 9.79 Å². The smallest absolute Gasteiger partial charge is 0.242 e. The summed E-state index contributed by atoms with van der Waals surface area (Å²) >= 11 is 1.80. The second-order valence-corrected chi connectivity index (χ2v) is 6.99. The summed E-state index contributed by atoms with van der Waals surface area (Å²) < 4.78 is 0. The third-order valence-corrected chi connectivity index (χ3v) is 5.51. The number of amides is 1. The minimum Gasteiger partial charge on any atom is -0.354 e. The maximum absolute atomic E-state index is 12.4. The minimum atomic E-state index is 0. The Kier molecular flexibility index (Phi) is 7.13. The lowest BCUT2D eigenvalue weighted by atomic mass is 10.1. The number of carbonyl (C=O) groups is 1. The van der Waals surface area contributed by atoms with Crippen LogP contribution in [0.4, 0.5) is 0 Å². The van der Waals surface area contributed by atoms with Gasteiger partial charge >= 0.3 is 0 Å². The normalized spacial score (nSPS) is 18.3. The van der Waals surface area contributed by atoms with Gasteiger partial charge in [-0.1, -0.05) is 12.8 Å². The maximum Gasteiger partial charge on any atom is 0.242 e. The van der Waals surface area contributed by atoms with E-state index in [4.69, 9.17) is 0 Å². The quantitative estimate of drug-likeness (QED) is 0.424. The van der Waals surface area contributed by atoms with Crippen LogP contribution in [-0.2, 0) is 17.8 Å². The second-order valence-electron chi connectivity index (χ2n) is 5.99. The third kappa shape index (κ3) is 4.82. The molecule has 23 heavy (non-hydrogen) atoms. The Bertz CT molecular complexity index is 554. The molecule has 1 fully saturated rings. The molecule has 5 nitrogen and oxygen atoms in total. The van der Waals surface area contributed by atoms with E-state index in [1.165, 1.54) is 36.1 Å². The number of nitrogens with one attached hydrogen (secondary N) is 2. The molecule has 1 amide bonds. The van der Waals surface area contributed by atoms with E-state index in [1.54, 1.807) is 18.4 Å². The average molecular weight is 448 g/mol. The van der Waals surface area contributed by atoms with Crippen molar-refractivity contribution >= 4 is 47.2 Å². The van der Waals surface area contributed by atoms with Crippen LogP contribution >= 0.6 is 35.3 Å². The summed E-state index contributed by atoms with van der Waals surface area (Å²) in [6, 6.07) is 2.64. The molecule has 0 spiro atoms. The number of hydrogen-bond donors (Lipinski definition) is 2. The number of carbonyl (C=O) groups excluding carboxylic acids is 1. The van der Waals surface area contributed by atoms with Gasteiger partial charge in [0.05, 0.1) is 6.54 Å². The van der Waals surface area contributed by atoms with Gasteiger partial charge in [0.15, 0.2) is 5.96 Å². The summed E-state index contributed by atoms with van der Waals surface area (Å²) in [6.45, 7) is 1.88. The molecule has 2 heterocycles. The number of aliphatic imine (C=N–C) groups is 1. The Labute approximate surface area is 158 Å². The van der Waals surface area contributed by atoms with Crippen molar-refractivity contribution in [3.63, 3.8) is 0 Å². The van der Waals surface area contributed by atoms with Gasteiger partial charge in [0.2, 0.25) is 5.91 Å². The molecule has 1 aliphatic heterocycles. The van der Waals surface area contributed by atoms with Gasteiger partial charge in [0.25, 0.3) is 0 Å². The van der Waals surface area contributed by atoms with Gasteiger partial charge in [-0.25, -0.2) is 0 Å². The van der Waals surface area contributed by atoms with E-state index >= 15 is 0 Å². The zero-order valence-electron chi connectivity index (χ0n) is 13.5. The van der Waals surface area contributed by atoms with Crippen LogP contribution < -0.4 is 10.6 Å². The van der Waals surface area contributed by atoms with Gasteiger partial charge in [-0.15, -0.1) is 35.3 Å². The van der Waals surface area contributed by atoms with Crippen LogP contribution in [0.5, 0.6) is 0 Å². The number of thiophene rings is 1. The number of guanidine groups is 1. The Hall–Kier alpha value is -0.830. The van der Waals surface area contributed by atoms with E-state index in [9.17, 15) is 4.79 Å². The van der Waals surface area contributed by atoms with E-state index in [-0.39, 0.29) is 29.9 Å². The summed E-state index contributed by atoms with van der Waals surface area (Å²) in [4.78, 5) is 20.0. The van der Waals surface area contributed by atoms with E-state index in [0.717, 1.165) is 25.5 Å². The lowest BCUT2D eigenvalue weighted by molar-refractivity contribution is -0.130. The second kappa shape index (κ2) is 8.86. The molecule has 0 radical (unpaired) electrons. The van der Waals surface area contributed by atoms with Crippen LogP contribution in [0.25, 0.3) is 0 Å². The summed E-state index contributed by atoms with van der Waals surface area (Å²) in [5.41, 5.74) is 1.30. The highest BCUT2D eigenvalue weighted by atomic mass is 127. The highest BCUT2D eigenvalue weighted by Gasteiger charge is 2.22. The highest BCUT2D eigenvalue weighted by Crippen LogP contribution is 2.23. The number of hydrogen-bond acceptors (Lipinski definition) is 3. The van der Waals surface area contributed by atoms with Crippen molar-refractivity contribution in [2.45, 2.75) is 44.7 Å². The van der Waals surface area contributed by atoms with E-state index < -0.39 is 0 Å². The number of fused-ring (bicyclic) bond motifs is 1. The molecular formula is C16H25IN4OS. The Morgan fingerprint density at radius 2 is 2.22 bits per heavy atom. The molecule has 3 rings (SSSR count). The first-order valence-corrected chi connectivity index (χ1v) is 8.94. The SMILES string of the molecule is CN=C(NCC(=O)N1CCc2sccc2C1)NC1CCCC1.I. The molecule has 128 valence electrons. The fraction of sp³-hybridized carbons (Fsp3) is 0.625.